The van der Waals surface area contributed by atoms with Crippen LogP contribution < -0.4 is 0 Å². The minimum absolute atomic E-state index is 0.0472. The number of aliphatic hydroxyl groups is 1. The lowest BCUT2D eigenvalue weighted by Gasteiger charge is -2.69. The zero-order valence-electron chi connectivity index (χ0n) is 34.6. The highest BCUT2D eigenvalue weighted by Gasteiger charge is 2.70. The summed E-state index contributed by atoms with van der Waals surface area (Å²) < 4.78 is 17.9. The van der Waals surface area contributed by atoms with Gasteiger partial charge in [0.05, 0.1) is 17.3 Å². The molecule has 4 saturated carbocycles. The van der Waals surface area contributed by atoms with Crippen LogP contribution in [0.25, 0.3) is 6.08 Å². The van der Waals surface area contributed by atoms with Gasteiger partial charge in [-0.2, -0.15) is 0 Å². The van der Waals surface area contributed by atoms with Crippen LogP contribution in [-0.2, 0) is 23.8 Å². The van der Waals surface area contributed by atoms with Crippen molar-refractivity contribution in [1.82, 2.24) is 0 Å². The van der Waals surface area contributed by atoms with Crippen molar-refractivity contribution in [2.24, 2.45) is 51.2 Å². The molecule has 0 bridgehead atoms. The summed E-state index contributed by atoms with van der Waals surface area (Å²) in [5.74, 6) is 1.66. The molecule has 0 radical (unpaired) electrons. The second-order valence-corrected chi connectivity index (χ2v) is 19.1. The summed E-state index contributed by atoms with van der Waals surface area (Å²) in [6.07, 6.45) is 10.3. The van der Waals surface area contributed by atoms with Crippen molar-refractivity contribution in [3.63, 3.8) is 0 Å². The van der Waals surface area contributed by atoms with Gasteiger partial charge in [0.15, 0.2) is 0 Å². The molecule has 292 valence electrons. The lowest BCUT2D eigenvalue weighted by molar-refractivity contribution is -0.229. The van der Waals surface area contributed by atoms with E-state index < -0.39 is 30.3 Å². The highest BCUT2D eigenvalue weighted by Crippen LogP contribution is 2.74. The van der Waals surface area contributed by atoms with Gasteiger partial charge in [0.2, 0.25) is 6.79 Å². The van der Waals surface area contributed by atoms with Gasteiger partial charge in [0, 0.05) is 5.57 Å². The fourth-order valence-electron chi connectivity index (χ4n) is 11.5. The molecular weight excluding hydrogens is 661 g/mol. The molecule has 0 saturated heterocycles. The Morgan fingerprint density at radius 2 is 1.64 bits per heavy atom. The van der Waals surface area contributed by atoms with E-state index in [1.807, 2.05) is 25.1 Å². The molecule has 0 aromatic heterocycles. The average molecular weight is 729 g/mol. The van der Waals surface area contributed by atoms with Crippen molar-refractivity contribution in [3.8, 4) is 0 Å². The second kappa shape index (κ2) is 15.6. The van der Waals surface area contributed by atoms with Crippen LogP contribution in [0.15, 0.2) is 71.0 Å². The molecule has 5 rings (SSSR count). The number of fused-ring (bicyclic) bond motifs is 5. The van der Waals surface area contributed by atoms with Crippen LogP contribution >= 0.6 is 0 Å². The number of allylic oxidation sites excluding steroid dienone is 4. The molecule has 1 aromatic rings. The van der Waals surface area contributed by atoms with E-state index in [0.717, 1.165) is 42.4 Å². The zero-order valence-corrected chi connectivity index (χ0v) is 34.6. The molecule has 4 fully saturated rings. The van der Waals surface area contributed by atoms with E-state index >= 15 is 0 Å². The molecule has 1 N–H and O–H groups in total. The normalized spacial score (nSPS) is 36.1. The van der Waals surface area contributed by atoms with Gasteiger partial charge in [-0.15, -0.1) is 0 Å². The summed E-state index contributed by atoms with van der Waals surface area (Å²) in [5, 5.41) is 12.5. The Hall–Kier alpha value is -3.12. The van der Waals surface area contributed by atoms with Gasteiger partial charge >= 0.3 is 11.9 Å². The Bertz CT molecular complexity index is 1620. The van der Waals surface area contributed by atoms with Gasteiger partial charge in [0.25, 0.3) is 0 Å². The minimum atomic E-state index is -0.723. The van der Waals surface area contributed by atoms with Gasteiger partial charge in [-0.05, 0) is 155 Å². The van der Waals surface area contributed by atoms with E-state index in [9.17, 15) is 14.7 Å². The third-order valence-corrected chi connectivity index (χ3v) is 14.7. The van der Waals surface area contributed by atoms with Crippen LogP contribution in [0, 0.1) is 51.2 Å². The van der Waals surface area contributed by atoms with Crippen molar-refractivity contribution < 1.29 is 28.9 Å². The van der Waals surface area contributed by atoms with Crippen LogP contribution in [0.2, 0.25) is 0 Å². The van der Waals surface area contributed by atoms with Gasteiger partial charge in [-0.25, -0.2) is 4.79 Å². The number of hydrogen-bond acceptors (Lipinski definition) is 6. The molecule has 1 aromatic carbocycles. The smallest absolute Gasteiger partial charge is 0.336 e. The summed E-state index contributed by atoms with van der Waals surface area (Å²) >= 11 is 0. The van der Waals surface area contributed by atoms with Gasteiger partial charge < -0.3 is 19.3 Å². The lowest BCUT2D eigenvalue weighted by atomic mass is 9.36. The first-order valence-electron chi connectivity index (χ1n) is 20.2. The van der Waals surface area contributed by atoms with Gasteiger partial charge in [-0.1, -0.05) is 89.3 Å². The summed E-state index contributed by atoms with van der Waals surface area (Å²) in [6, 6.07) is 10.2. The number of ether oxygens (including phenoxy) is 3. The molecule has 1 unspecified atom stereocenters. The van der Waals surface area contributed by atoms with Crippen molar-refractivity contribution in [3.05, 3.63) is 76.6 Å². The Morgan fingerprint density at radius 3 is 2.26 bits per heavy atom. The molecule has 4 aliphatic carbocycles. The molecule has 6 nitrogen and oxygen atoms in total. The number of benzene rings is 1. The number of carbonyl (C=O) groups excluding carboxylic acids is 2. The monoisotopic (exact) mass is 729 g/mol. The predicted octanol–water partition coefficient (Wildman–Crippen LogP) is 11.0. The summed E-state index contributed by atoms with van der Waals surface area (Å²) in [5.41, 5.74) is 3.84. The maximum Gasteiger partial charge on any atom is 0.336 e. The first-order valence-corrected chi connectivity index (χ1v) is 20.2. The fourth-order valence-corrected chi connectivity index (χ4v) is 11.5. The topological polar surface area (TPSA) is 82.1 Å². The van der Waals surface area contributed by atoms with Crippen molar-refractivity contribution >= 4 is 18.0 Å². The minimum Gasteiger partial charge on any atom is -0.491 e. The molecule has 0 amide bonds. The number of esters is 2. The van der Waals surface area contributed by atoms with Crippen LogP contribution in [0.5, 0.6) is 0 Å². The summed E-state index contributed by atoms with van der Waals surface area (Å²) in [4.78, 5) is 27.1. The van der Waals surface area contributed by atoms with Gasteiger partial charge in [-0.3, -0.25) is 4.79 Å². The molecule has 10 atom stereocenters. The van der Waals surface area contributed by atoms with E-state index in [4.69, 9.17) is 14.2 Å². The summed E-state index contributed by atoms with van der Waals surface area (Å²) in [7, 11) is 0. The maximum atomic E-state index is 14.4. The molecular formula is C47H68O6. The Morgan fingerprint density at radius 1 is 0.962 bits per heavy atom. The second-order valence-electron chi connectivity index (χ2n) is 19.1. The van der Waals surface area contributed by atoms with Crippen molar-refractivity contribution in [2.45, 2.75) is 140 Å². The van der Waals surface area contributed by atoms with Gasteiger partial charge in [0.1, 0.15) is 6.10 Å². The molecule has 4 aliphatic rings. The third kappa shape index (κ3) is 7.86. The summed E-state index contributed by atoms with van der Waals surface area (Å²) in [6.45, 7) is 27.3. The van der Waals surface area contributed by atoms with E-state index in [1.54, 1.807) is 20.8 Å². The number of hydrogen-bond donors (Lipinski definition) is 1. The molecule has 53 heavy (non-hydrogen) atoms. The Labute approximate surface area is 320 Å². The predicted molar refractivity (Wildman–Crippen MR) is 213 cm³/mol. The first kappa shape index (κ1) is 41.1. The number of rotatable bonds is 10. The van der Waals surface area contributed by atoms with E-state index in [2.05, 4.69) is 79.3 Å². The Balaban J connectivity index is 1.58. The van der Waals surface area contributed by atoms with Crippen LogP contribution in [0.4, 0.5) is 0 Å². The first-order chi connectivity index (χ1) is 24.7. The number of aliphatic hydroxyl groups excluding tert-OH is 1. The van der Waals surface area contributed by atoms with Crippen molar-refractivity contribution in [2.75, 3.05) is 6.79 Å². The SMILES string of the molecule is C=C(C)OC1C[C@@]2(C)[C@@H](C[C@@H](O)[C@H]3[C@@]4(C)CC[C@@H](C)[C@H](C)[C@@H]4CC[C@@]32C)/C1=C(\CCC(/C=C/c1ccccc1)=C(C)C)C(=O)OCOC(=O)C(C)(C)C. The molecule has 6 heteroatoms. The van der Waals surface area contributed by atoms with Crippen molar-refractivity contribution in [1.29, 1.82) is 0 Å². The fraction of sp³-hybridized carbons (Fsp3) is 0.660. The lowest BCUT2D eigenvalue weighted by Crippen LogP contribution is -2.65. The van der Waals surface area contributed by atoms with Crippen LogP contribution in [0.1, 0.15) is 133 Å². The standard InChI is InChI=1S/C47H68O6/c1-29(2)34(19-18-33-16-14-13-15-17-33)20-21-35(42(49)51-28-52-43(50)44(7,8)9)40-37-26-38(48)41-45(10)24-22-31(5)32(6)36(45)23-25-46(41,11)47(37,12)27-39(40)53-30(3)4/h13-19,31-32,36-39,41,48H,3,20-28H2,1-2,4-12H3/b19-18+,40-35-/t31-,32+,36+,37+,38-,39?,41+,45+,46+,47+/m1/s1. The zero-order chi connectivity index (χ0) is 39.1. The highest BCUT2D eigenvalue weighted by molar-refractivity contribution is 5.90. The van der Waals surface area contributed by atoms with E-state index in [1.165, 1.54) is 12.0 Å². The average Bonchev–Trinajstić information content (AvgIpc) is 3.35. The highest BCUT2D eigenvalue weighted by atomic mass is 16.7. The third-order valence-electron chi connectivity index (χ3n) is 14.7. The quantitative estimate of drug-likeness (QED) is 0.0849. The van der Waals surface area contributed by atoms with E-state index in [0.29, 0.717) is 48.3 Å². The van der Waals surface area contributed by atoms with Crippen LogP contribution in [-0.4, -0.2) is 36.0 Å². The largest absolute Gasteiger partial charge is 0.491 e. The van der Waals surface area contributed by atoms with E-state index in [-0.39, 0.29) is 34.2 Å². The maximum absolute atomic E-state index is 14.4. The molecule has 0 aliphatic heterocycles. The molecule has 0 spiro atoms. The number of carbonyl (C=O) groups is 2. The Kier molecular flexibility index (Phi) is 12.0. The van der Waals surface area contributed by atoms with Crippen LogP contribution in [0.3, 0.4) is 0 Å². The molecule has 0 heterocycles.